The number of nitrogens with zero attached hydrogens (tertiary/aromatic N) is 3. The summed E-state index contributed by atoms with van der Waals surface area (Å²) < 4.78 is 11.5. The van der Waals surface area contributed by atoms with Crippen molar-refractivity contribution in [1.29, 1.82) is 0 Å². The van der Waals surface area contributed by atoms with Crippen LogP contribution >= 0.6 is 0 Å². The Morgan fingerprint density at radius 1 is 0.976 bits per heavy atom. The maximum absolute atomic E-state index is 14.3. The number of carbonyl (C=O) groups excluding carboxylic acids is 1. The molecular formula is C35H43N3O3. The molecule has 0 N–H and O–H groups in total. The number of rotatable bonds is 5. The minimum Gasteiger partial charge on any atom is -0.497 e. The van der Waals surface area contributed by atoms with E-state index in [1.807, 2.05) is 18.3 Å². The molecule has 3 aliphatic rings. The second-order valence-electron chi connectivity index (χ2n) is 12.8. The van der Waals surface area contributed by atoms with Crippen molar-refractivity contribution < 1.29 is 14.3 Å². The molecule has 2 saturated heterocycles. The highest BCUT2D eigenvalue weighted by molar-refractivity contribution is 5.92. The number of piperidine rings is 1. The van der Waals surface area contributed by atoms with E-state index in [9.17, 15) is 4.79 Å². The van der Waals surface area contributed by atoms with Gasteiger partial charge in [0.1, 0.15) is 11.5 Å². The molecule has 41 heavy (non-hydrogen) atoms. The lowest BCUT2D eigenvalue weighted by Crippen LogP contribution is -2.53. The van der Waals surface area contributed by atoms with E-state index in [0.29, 0.717) is 0 Å². The summed E-state index contributed by atoms with van der Waals surface area (Å²) in [5, 5.41) is 1.18. The van der Waals surface area contributed by atoms with Crippen LogP contribution in [-0.2, 0) is 23.2 Å². The van der Waals surface area contributed by atoms with Crippen LogP contribution in [0.25, 0.3) is 10.9 Å². The molecular weight excluding hydrogens is 510 g/mol. The number of amides is 1. The topological polar surface area (TPSA) is 54.9 Å². The molecule has 0 saturated carbocycles. The van der Waals surface area contributed by atoms with Crippen molar-refractivity contribution >= 4 is 16.8 Å². The molecule has 1 atom stereocenters. The second-order valence-corrected chi connectivity index (χ2v) is 12.8. The third-order valence-electron chi connectivity index (χ3n) is 10.1. The van der Waals surface area contributed by atoms with Crippen LogP contribution in [0.4, 0.5) is 0 Å². The van der Waals surface area contributed by atoms with Gasteiger partial charge in [-0.15, -0.1) is 0 Å². The number of para-hydroxylation sites is 1. The maximum atomic E-state index is 14.3. The number of likely N-dealkylation sites (tertiary alicyclic amines) is 2. The fourth-order valence-corrected chi connectivity index (χ4v) is 8.07. The highest BCUT2D eigenvalue weighted by Gasteiger charge is 2.61. The summed E-state index contributed by atoms with van der Waals surface area (Å²) >= 11 is 0. The molecule has 1 aromatic heterocycles. The third-order valence-corrected chi connectivity index (χ3v) is 10.1. The summed E-state index contributed by atoms with van der Waals surface area (Å²) in [7, 11) is 3.43. The number of hydrogen-bond acceptors (Lipinski definition) is 5. The Kier molecular flexibility index (Phi) is 6.88. The minimum atomic E-state index is -0.525. The molecule has 216 valence electrons. The lowest BCUT2D eigenvalue weighted by atomic mass is 9.64. The Balaban J connectivity index is 1.38. The number of fused-ring (bicyclic) bond motifs is 4. The van der Waals surface area contributed by atoms with Crippen molar-refractivity contribution in [2.45, 2.75) is 70.9 Å². The molecule has 1 amide bonds. The number of ether oxygens (including phenoxy) is 2. The van der Waals surface area contributed by atoms with Gasteiger partial charge in [0, 0.05) is 54.8 Å². The first kappa shape index (κ1) is 27.8. The summed E-state index contributed by atoms with van der Waals surface area (Å²) in [5.41, 5.74) is 4.98. The zero-order chi connectivity index (χ0) is 29.0. The van der Waals surface area contributed by atoms with Crippen LogP contribution in [0.2, 0.25) is 0 Å². The van der Waals surface area contributed by atoms with E-state index in [2.05, 4.69) is 78.9 Å². The first-order valence-electron chi connectivity index (χ1n) is 15.0. The molecule has 1 spiro atoms. The van der Waals surface area contributed by atoms with Crippen molar-refractivity contribution in [3.8, 4) is 11.5 Å². The van der Waals surface area contributed by atoms with Gasteiger partial charge >= 0.3 is 0 Å². The van der Waals surface area contributed by atoms with Crippen molar-refractivity contribution in [1.82, 2.24) is 14.8 Å². The van der Waals surface area contributed by atoms with E-state index in [0.717, 1.165) is 68.9 Å². The van der Waals surface area contributed by atoms with E-state index in [4.69, 9.17) is 9.47 Å². The van der Waals surface area contributed by atoms with Gasteiger partial charge in [-0.2, -0.15) is 0 Å². The fraction of sp³-hybridized carbons (Fsp3) is 0.486. The monoisotopic (exact) mass is 553 g/mol. The molecule has 3 aromatic rings. The standard InChI is InChI=1S/C35H43N3O3/c1-7-38-32(39)34(4)14-13-25-20-27(40-5)21-28(41-6)30(25)33(2,3)22-29(34)35(38)15-18-37(19-16-35)23-26-11-8-10-24-12-9-17-36-31(24)26/h8-12,17,20-22H,7,13-16,18-19,23H2,1-6H3/b29-22+. The van der Waals surface area contributed by atoms with Gasteiger partial charge in [0.05, 0.1) is 30.7 Å². The zero-order valence-corrected chi connectivity index (χ0v) is 25.4. The van der Waals surface area contributed by atoms with E-state index in [-0.39, 0.29) is 16.9 Å². The summed E-state index contributed by atoms with van der Waals surface area (Å²) in [6.07, 6.45) is 7.79. The predicted octanol–water partition coefficient (Wildman–Crippen LogP) is 6.31. The molecule has 6 rings (SSSR count). The molecule has 3 heterocycles. The Morgan fingerprint density at radius 2 is 1.73 bits per heavy atom. The van der Waals surface area contributed by atoms with Crippen LogP contribution in [0.5, 0.6) is 11.5 Å². The molecule has 2 aromatic carbocycles. The number of methoxy groups -OCH3 is 2. The van der Waals surface area contributed by atoms with Crippen molar-refractivity contribution in [2.75, 3.05) is 33.9 Å². The Labute approximate surface area is 244 Å². The third kappa shape index (κ3) is 4.34. The summed E-state index contributed by atoms with van der Waals surface area (Å²) in [4.78, 5) is 23.8. The van der Waals surface area contributed by atoms with E-state index < -0.39 is 5.41 Å². The van der Waals surface area contributed by atoms with E-state index >= 15 is 0 Å². The lowest BCUT2D eigenvalue weighted by Gasteiger charge is -2.47. The van der Waals surface area contributed by atoms with Crippen LogP contribution in [-0.4, -0.2) is 60.1 Å². The van der Waals surface area contributed by atoms with Crippen molar-refractivity contribution in [2.24, 2.45) is 5.41 Å². The van der Waals surface area contributed by atoms with Gasteiger partial charge in [-0.25, -0.2) is 0 Å². The van der Waals surface area contributed by atoms with E-state index in [1.165, 1.54) is 27.6 Å². The summed E-state index contributed by atoms with van der Waals surface area (Å²) in [5.74, 6) is 1.94. The molecule has 0 bridgehead atoms. The second kappa shape index (κ2) is 10.2. The first-order chi connectivity index (χ1) is 19.7. The summed E-state index contributed by atoms with van der Waals surface area (Å²) in [6.45, 7) is 12.4. The first-order valence-corrected chi connectivity index (χ1v) is 15.0. The number of allylic oxidation sites excluding steroid dienone is 1. The molecule has 2 fully saturated rings. The zero-order valence-electron chi connectivity index (χ0n) is 25.4. The largest absolute Gasteiger partial charge is 0.497 e. The molecule has 2 aliphatic heterocycles. The van der Waals surface area contributed by atoms with Gasteiger partial charge in [-0.3, -0.25) is 14.7 Å². The lowest BCUT2D eigenvalue weighted by molar-refractivity contribution is -0.138. The van der Waals surface area contributed by atoms with Gasteiger partial charge in [0.2, 0.25) is 5.91 Å². The van der Waals surface area contributed by atoms with Crippen LogP contribution in [0.3, 0.4) is 0 Å². The predicted molar refractivity (Wildman–Crippen MR) is 163 cm³/mol. The Hall–Kier alpha value is -3.38. The normalized spacial score (nSPS) is 24.8. The average Bonchev–Trinajstić information content (AvgIpc) is 3.14. The van der Waals surface area contributed by atoms with Crippen LogP contribution < -0.4 is 9.47 Å². The molecule has 0 radical (unpaired) electrons. The molecule has 1 unspecified atom stereocenters. The van der Waals surface area contributed by atoms with Gasteiger partial charge in [-0.1, -0.05) is 44.2 Å². The highest BCUT2D eigenvalue weighted by Crippen LogP contribution is 2.57. The van der Waals surface area contributed by atoms with Crippen molar-refractivity contribution in [3.63, 3.8) is 0 Å². The number of pyridine rings is 1. The number of aromatic nitrogens is 1. The van der Waals surface area contributed by atoms with Crippen LogP contribution in [0.1, 0.15) is 63.6 Å². The molecule has 6 heteroatoms. The SMILES string of the molecule is CCN1C(=O)C2(C)CCc3cc(OC)cc(OC)c3C(C)(C)/C=C\2C12CCN(Cc1cccc3cccnc13)CC2. The Bertz CT molecular complexity index is 1510. The van der Waals surface area contributed by atoms with Gasteiger partial charge in [0.25, 0.3) is 0 Å². The number of hydrogen-bond donors (Lipinski definition) is 0. The number of benzene rings is 2. The smallest absolute Gasteiger partial charge is 0.233 e. The average molecular weight is 554 g/mol. The van der Waals surface area contributed by atoms with E-state index in [1.54, 1.807) is 14.2 Å². The fourth-order valence-electron chi connectivity index (χ4n) is 8.07. The number of aryl methyl sites for hydroxylation is 1. The number of carbonyl (C=O) groups is 1. The Morgan fingerprint density at radius 3 is 2.44 bits per heavy atom. The van der Waals surface area contributed by atoms with Gasteiger partial charge < -0.3 is 14.4 Å². The van der Waals surface area contributed by atoms with Gasteiger partial charge in [-0.05, 0) is 68.4 Å². The van der Waals surface area contributed by atoms with Gasteiger partial charge in [0.15, 0.2) is 0 Å². The van der Waals surface area contributed by atoms with Crippen LogP contribution in [0.15, 0.2) is 60.3 Å². The number of likely N-dealkylation sites (N-methyl/N-ethyl adjacent to an activating group) is 1. The maximum Gasteiger partial charge on any atom is 0.233 e. The minimum absolute atomic E-state index is 0.261. The molecule has 6 nitrogen and oxygen atoms in total. The van der Waals surface area contributed by atoms with Crippen molar-refractivity contribution in [3.05, 3.63) is 77.0 Å². The van der Waals surface area contributed by atoms with Crippen LogP contribution in [0, 0.1) is 5.41 Å². The molecule has 1 aliphatic carbocycles. The summed E-state index contributed by atoms with van der Waals surface area (Å²) in [6, 6.07) is 14.7. The quantitative estimate of drug-likeness (QED) is 0.347. The highest BCUT2D eigenvalue weighted by atomic mass is 16.5.